The van der Waals surface area contributed by atoms with Gasteiger partial charge in [0.1, 0.15) is 11.4 Å². The van der Waals surface area contributed by atoms with Crippen LogP contribution >= 0.6 is 0 Å². The van der Waals surface area contributed by atoms with Gasteiger partial charge in [0.15, 0.2) is 5.82 Å². The molecular weight excluding hydrogens is 204 g/mol. The van der Waals surface area contributed by atoms with Gasteiger partial charge in [0, 0.05) is 18.9 Å². The zero-order valence-electron chi connectivity index (χ0n) is 9.57. The molecule has 5 heteroatoms. The summed E-state index contributed by atoms with van der Waals surface area (Å²) in [5.74, 6) is 6.74. The number of rotatable bonds is 4. The van der Waals surface area contributed by atoms with Gasteiger partial charge in [-0.15, -0.1) is 0 Å². The molecule has 1 fully saturated rings. The molecule has 0 unspecified atom stereocenters. The second-order valence-electron chi connectivity index (χ2n) is 4.04. The number of hydrazine groups is 1. The Morgan fingerprint density at radius 3 is 2.88 bits per heavy atom. The van der Waals surface area contributed by atoms with Gasteiger partial charge in [-0.1, -0.05) is 0 Å². The maximum absolute atomic E-state index is 5.88. The van der Waals surface area contributed by atoms with E-state index in [9.17, 15) is 0 Å². The molecule has 0 atom stereocenters. The lowest BCUT2D eigenvalue weighted by atomic mass is 10.0. The number of hydrogen-bond donors (Lipinski definition) is 2. The van der Waals surface area contributed by atoms with E-state index in [0.717, 1.165) is 18.7 Å². The second-order valence-corrected chi connectivity index (χ2v) is 4.04. The van der Waals surface area contributed by atoms with Crippen LogP contribution in [0.25, 0.3) is 0 Å². The lowest BCUT2D eigenvalue weighted by Crippen LogP contribution is -2.29. The third kappa shape index (κ3) is 2.01. The first-order valence-electron chi connectivity index (χ1n) is 5.75. The van der Waals surface area contributed by atoms with E-state index in [-0.39, 0.29) is 5.60 Å². The number of aromatic nitrogens is 2. The molecule has 0 bridgehead atoms. The van der Waals surface area contributed by atoms with Crippen LogP contribution in [-0.2, 0) is 10.3 Å². The Morgan fingerprint density at radius 2 is 2.25 bits per heavy atom. The first-order chi connectivity index (χ1) is 7.80. The third-order valence-corrected chi connectivity index (χ3v) is 3.04. The Morgan fingerprint density at radius 1 is 1.50 bits per heavy atom. The molecule has 1 aliphatic rings. The van der Waals surface area contributed by atoms with E-state index >= 15 is 0 Å². The number of nitrogens with one attached hydrogen (secondary N) is 1. The Hall–Kier alpha value is -1.20. The maximum atomic E-state index is 5.88. The molecule has 0 amide bonds. The predicted molar refractivity (Wildman–Crippen MR) is 61.6 cm³/mol. The maximum Gasteiger partial charge on any atom is 0.162 e. The summed E-state index contributed by atoms with van der Waals surface area (Å²) < 4.78 is 5.88. The van der Waals surface area contributed by atoms with Crippen LogP contribution in [0.2, 0.25) is 0 Å². The van der Waals surface area contributed by atoms with Gasteiger partial charge in [0.2, 0.25) is 0 Å². The fourth-order valence-corrected chi connectivity index (χ4v) is 2.31. The molecule has 0 radical (unpaired) electrons. The van der Waals surface area contributed by atoms with Gasteiger partial charge in [-0.2, -0.15) is 0 Å². The molecule has 0 saturated heterocycles. The third-order valence-electron chi connectivity index (χ3n) is 3.04. The van der Waals surface area contributed by atoms with Gasteiger partial charge in [-0.05, 0) is 32.6 Å². The summed E-state index contributed by atoms with van der Waals surface area (Å²) in [6.07, 6.45) is 6.05. The van der Waals surface area contributed by atoms with Crippen molar-refractivity contribution in [3.8, 4) is 0 Å². The molecule has 0 spiro atoms. The first-order valence-corrected chi connectivity index (χ1v) is 5.75. The van der Waals surface area contributed by atoms with Crippen LogP contribution in [0.1, 0.15) is 38.4 Å². The molecular formula is C11H18N4O. The molecule has 1 aliphatic carbocycles. The number of nitrogens with two attached hydrogens (primary N) is 1. The van der Waals surface area contributed by atoms with Crippen LogP contribution in [0.4, 0.5) is 5.82 Å². The van der Waals surface area contributed by atoms with Crippen LogP contribution in [-0.4, -0.2) is 16.6 Å². The summed E-state index contributed by atoms with van der Waals surface area (Å²) in [5.41, 5.74) is 2.25. The highest BCUT2D eigenvalue weighted by atomic mass is 16.5. The van der Waals surface area contributed by atoms with E-state index in [1.54, 1.807) is 12.3 Å². The van der Waals surface area contributed by atoms with E-state index < -0.39 is 0 Å². The van der Waals surface area contributed by atoms with E-state index in [0.29, 0.717) is 12.4 Å². The van der Waals surface area contributed by atoms with Crippen LogP contribution in [0.15, 0.2) is 12.3 Å². The monoisotopic (exact) mass is 222 g/mol. The van der Waals surface area contributed by atoms with Crippen molar-refractivity contribution < 1.29 is 4.74 Å². The SMILES string of the molecule is CCOC1(c2nccc(NN)n2)CCCC1. The summed E-state index contributed by atoms with van der Waals surface area (Å²) in [6, 6.07) is 1.75. The average Bonchev–Trinajstić information content (AvgIpc) is 2.80. The van der Waals surface area contributed by atoms with Gasteiger partial charge in [-0.3, -0.25) is 0 Å². The smallest absolute Gasteiger partial charge is 0.162 e. The number of hydrogen-bond acceptors (Lipinski definition) is 5. The fourth-order valence-electron chi connectivity index (χ4n) is 2.31. The number of nitrogens with zero attached hydrogens (tertiary/aromatic N) is 2. The van der Waals surface area contributed by atoms with E-state index in [1.807, 2.05) is 6.92 Å². The summed E-state index contributed by atoms with van der Waals surface area (Å²) >= 11 is 0. The molecule has 5 nitrogen and oxygen atoms in total. The number of anilines is 1. The van der Waals surface area contributed by atoms with Gasteiger partial charge in [-0.25, -0.2) is 15.8 Å². The zero-order chi connectivity index (χ0) is 11.4. The van der Waals surface area contributed by atoms with Crippen LogP contribution < -0.4 is 11.3 Å². The van der Waals surface area contributed by atoms with Crippen molar-refractivity contribution in [1.29, 1.82) is 0 Å². The van der Waals surface area contributed by atoms with E-state index in [2.05, 4.69) is 15.4 Å². The molecule has 3 N–H and O–H groups in total. The Kier molecular flexibility index (Phi) is 3.36. The van der Waals surface area contributed by atoms with Crippen molar-refractivity contribution in [2.24, 2.45) is 5.84 Å². The molecule has 0 aliphatic heterocycles. The molecule has 88 valence electrons. The Balaban J connectivity index is 2.30. The van der Waals surface area contributed by atoms with Crippen molar-refractivity contribution in [2.75, 3.05) is 12.0 Å². The van der Waals surface area contributed by atoms with Crippen molar-refractivity contribution in [1.82, 2.24) is 9.97 Å². The minimum absolute atomic E-state index is 0.290. The standard InChI is InChI=1S/C11H18N4O/c1-2-16-11(6-3-4-7-11)10-13-8-5-9(14-10)15-12/h5,8H,2-4,6-7,12H2,1H3,(H,13,14,15). The number of nitrogen functional groups attached to an aromatic ring is 1. The van der Waals surface area contributed by atoms with E-state index in [1.165, 1.54) is 12.8 Å². The quantitative estimate of drug-likeness (QED) is 0.597. The first kappa shape index (κ1) is 11.3. The Labute approximate surface area is 95.4 Å². The number of ether oxygens (including phenoxy) is 1. The van der Waals surface area contributed by atoms with Crippen molar-refractivity contribution in [2.45, 2.75) is 38.2 Å². The lowest BCUT2D eigenvalue weighted by molar-refractivity contribution is -0.0456. The molecule has 1 aromatic rings. The van der Waals surface area contributed by atoms with Crippen molar-refractivity contribution in [3.05, 3.63) is 18.1 Å². The topological polar surface area (TPSA) is 73.1 Å². The van der Waals surface area contributed by atoms with Gasteiger partial charge >= 0.3 is 0 Å². The molecule has 1 heterocycles. The Bertz CT molecular complexity index is 350. The summed E-state index contributed by atoms with van der Waals surface area (Å²) in [7, 11) is 0. The highest BCUT2D eigenvalue weighted by Gasteiger charge is 2.39. The molecule has 1 aromatic heterocycles. The van der Waals surface area contributed by atoms with Gasteiger partial charge in [0.05, 0.1) is 0 Å². The minimum atomic E-state index is -0.290. The average molecular weight is 222 g/mol. The predicted octanol–water partition coefficient (Wildman–Crippen LogP) is 1.57. The van der Waals surface area contributed by atoms with E-state index in [4.69, 9.17) is 10.6 Å². The molecule has 16 heavy (non-hydrogen) atoms. The largest absolute Gasteiger partial charge is 0.367 e. The fraction of sp³-hybridized carbons (Fsp3) is 0.636. The van der Waals surface area contributed by atoms with Gasteiger partial charge in [0.25, 0.3) is 0 Å². The molecule has 0 aromatic carbocycles. The van der Waals surface area contributed by atoms with Crippen LogP contribution in [0.3, 0.4) is 0 Å². The van der Waals surface area contributed by atoms with Crippen molar-refractivity contribution in [3.63, 3.8) is 0 Å². The van der Waals surface area contributed by atoms with Crippen LogP contribution in [0, 0.1) is 0 Å². The van der Waals surface area contributed by atoms with Crippen LogP contribution in [0.5, 0.6) is 0 Å². The molecule has 2 rings (SSSR count). The molecule has 1 saturated carbocycles. The summed E-state index contributed by atoms with van der Waals surface area (Å²) in [4.78, 5) is 8.72. The van der Waals surface area contributed by atoms with Gasteiger partial charge < -0.3 is 10.2 Å². The normalized spacial score (nSPS) is 18.6. The second kappa shape index (κ2) is 4.76. The minimum Gasteiger partial charge on any atom is -0.367 e. The summed E-state index contributed by atoms with van der Waals surface area (Å²) in [6.45, 7) is 2.69. The highest BCUT2D eigenvalue weighted by molar-refractivity contribution is 5.31. The van der Waals surface area contributed by atoms with Crippen molar-refractivity contribution >= 4 is 5.82 Å². The zero-order valence-corrected chi connectivity index (χ0v) is 9.57. The summed E-state index contributed by atoms with van der Waals surface area (Å²) in [5, 5.41) is 0. The lowest BCUT2D eigenvalue weighted by Gasteiger charge is -2.27. The highest BCUT2D eigenvalue weighted by Crippen LogP contribution is 2.40.